The van der Waals surface area contributed by atoms with E-state index in [0.717, 1.165) is 30.4 Å². The Labute approximate surface area is 163 Å². The summed E-state index contributed by atoms with van der Waals surface area (Å²) >= 11 is 0. The van der Waals surface area contributed by atoms with Gasteiger partial charge in [-0.15, -0.1) is 0 Å². The molecule has 1 aliphatic heterocycles. The molecule has 2 aliphatic rings. The summed E-state index contributed by atoms with van der Waals surface area (Å²) in [4.78, 5) is 23.9. The first kappa shape index (κ1) is 17.1. The van der Waals surface area contributed by atoms with Gasteiger partial charge in [-0.05, 0) is 37.0 Å². The lowest BCUT2D eigenvalue weighted by Crippen LogP contribution is -2.48. The molecule has 1 fully saturated rings. The van der Waals surface area contributed by atoms with Gasteiger partial charge in [0, 0.05) is 36.1 Å². The van der Waals surface area contributed by atoms with E-state index in [1.807, 2.05) is 42.5 Å². The van der Waals surface area contributed by atoms with Crippen molar-refractivity contribution in [3.8, 4) is 11.3 Å². The summed E-state index contributed by atoms with van der Waals surface area (Å²) in [7, 11) is 0. The van der Waals surface area contributed by atoms with E-state index in [0.29, 0.717) is 24.7 Å². The van der Waals surface area contributed by atoms with Gasteiger partial charge < -0.3 is 10.0 Å². The van der Waals surface area contributed by atoms with E-state index in [4.69, 9.17) is 4.98 Å². The Morgan fingerprint density at radius 2 is 1.82 bits per heavy atom. The predicted molar refractivity (Wildman–Crippen MR) is 107 cm³/mol. The lowest BCUT2D eigenvalue weighted by atomic mass is 10.0. The summed E-state index contributed by atoms with van der Waals surface area (Å²) < 4.78 is 1.74. The van der Waals surface area contributed by atoms with Crippen LogP contribution in [0.1, 0.15) is 30.9 Å². The number of aliphatic hydroxyl groups excluding tert-OH is 1. The van der Waals surface area contributed by atoms with Gasteiger partial charge in [-0.3, -0.25) is 14.3 Å². The molecule has 1 aliphatic carbocycles. The molecule has 1 aromatic carbocycles. The molecule has 0 amide bonds. The Morgan fingerprint density at radius 3 is 2.54 bits per heavy atom. The van der Waals surface area contributed by atoms with Gasteiger partial charge in [-0.2, -0.15) is 0 Å². The second-order valence-corrected chi connectivity index (χ2v) is 7.68. The van der Waals surface area contributed by atoms with Gasteiger partial charge in [-0.25, -0.2) is 4.98 Å². The fourth-order valence-electron chi connectivity index (χ4n) is 4.14. The number of rotatable bonds is 4. The fraction of sp³-hybridized carbons (Fsp3) is 0.318. The Kier molecular flexibility index (Phi) is 4.02. The van der Waals surface area contributed by atoms with Crippen molar-refractivity contribution in [3.05, 3.63) is 76.8 Å². The number of anilines is 1. The Hall–Kier alpha value is -2.99. The molecule has 1 spiro atoms. The Morgan fingerprint density at radius 1 is 1.07 bits per heavy atom. The lowest BCUT2D eigenvalue weighted by molar-refractivity contribution is 0.175. The molecule has 6 heteroatoms. The Balaban J connectivity index is 1.57. The lowest BCUT2D eigenvalue weighted by Gasteiger charge is -2.40. The van der Waals surface area contributed by atoms with Crippen LogP contribution in [0.2, 0.25) is 0 Å². The molecule has 3 heterocycles. The van der Waals surface area contributed by atoms with Crippen molar-refractivity contribution in [1.29, 1.82) is 0 Å². The number of aromatic nitrogens is 3. The number of pyridine rings is 1. The zero-order valence-electron chi connectivity index (χ0n) is 15.5. The predicted octanol–water partition coefficient (Wildman–Crippen LogP) is 2.78. The van der Waals surface area contributed by atoms with Gasteiger partial charge in [-0.1, -0.05) is 30.3 Å². The first-order chi connectivity index (χ1) is 13.7. The van der Waals surface area contributed by atoms with Crippen molar-refractivity contribution < 1.29 is 5.11 Å². The third-order valence-electron chi connectivity index (χ3n) is 5.95. The minimum Gasteiger partial charge on any atom is -0.387 e. The molecule has 0 bridgehead atoms. The number of hydrogen-bond acceptors (Lipinski definition) is 5. The highest BCUT2D eigenvalue weighted by molar-refractivity contribution is 5.60. The second kappa shape index (κ2) is 6.56. The van der Waals surface area contributed by atoms with Gasteiger partial charge in [0.05, 0.1) is 18.3 Å². The van der Waals surface area contributed by atoms with Gasteiger partial charge in [0.2, 0.25) is 5.95 Å². The van der Waals surface area contributed by atoms with Crippen LogP contribution in [0.5, 0.6) is 0 Å². The normalized spacial score (nSPS) is 18.0. The zero-order valence-corrected chi connectivity index (χ0v) is 15.5. The monoisotopic (exact) mass is 374 g/mol. The molecule has 0 saturated heterocycles. The van der Waals surface area contributed by atoms with Crippen LogP contribution in [-0.4, -0.2) is 31.7 Å². The van der Waals surface area contributed by atoms with Crippen LogP contribution in [0.4, 0.5) is 5.95 Å². The highest BCUT2D eigenvalue weighted by atomic mass is 16.3. The van der Waals surface area contributed by atoms with E-state index < -0.39 is 6.10 Å². The summed E-state index contributed by atoms with van der Waals surface area (Å²) in [6, 6.07) is 15.0. The molecule has 1 unspecified atom stereocenters. The van der Waals surface area contributed by atoms with E-state index in [1.54, 1.807) is 23.0 Å². The third-order valence-corrected chi connectivity index (χ3v) is 5.95. The minimum absolute atomic E-state index is 0.0199. The van der Waals surface area contributed by atoms with Crippen molar-refractivity contribution in [1.82, 2.24) is 14.5 Å². The maximum atomic E-state index is 12.8. The number of hydrogen-bond donors (Lipinski definition) is 1. The van der Waals surface area contributed by atoms with E-state index in [2.05, 4.69) is 9.88 Å². The molecule has 1 atom stereocenters. The zero-order chi connectivity index (χ0) is 19.1. The summed E-state index contributed by atoms with van der Waals surface area (Å²) in [5.41, 5.74) is 2.37. The Bertz CT molecular complexity index is 1050. The average molecular weight is 374 g/mol. The highest BCUT2D eigenvalue weighted by Gasteiger charge is 2.51. The smallest absolute Gasteiger partial charge is 0.255 e. The second-order valence-electron chi connectivity index (χ2n) is 7.68. The van der Waals surface area contributed by atoms with Crippen LogP contribution in [0.3, 0.4) is 0 Å². The maximum Gasteiger partial charge on any atom is 0.255 e. The van der Waals surface area contributed by atoms with Crippen LogP contribution >= 0.6 is 0 Å². The number of β-amino-alcohol motifs (C(OH)–C–C–N with tert-alkyl or cyclic N) is 1. The minimum atomic E-state index is -0.633. The largest absolute Gasteiger partial charge is 0.387 e. The number of nitrogens with zero attached hydrogens (tertiary/aromatic N) is 4. The summed E-state index contributed by atoms with van der Waals surface area (Å²) in [6.45, 7) is 1.10. The first-order valence-electron chi connectivity index (χ1n) is 9.69. The highest BCUT2D eigenvalue weighted by Crippen LogP contribution is 2.49. The standard InChI is InChI=1S/C22H22N4O2/c27-19(17-4-2-1-3-5-17)15-26-21-24-18(16-6-11-23-12-7-16)14-20(28)25(21)13-10-22(26)8-9-22/h1-7,11-12,14,19,27H,8-10,13,15H2. The average Bonchev–Trinajstić information content (AvgIpc) is 3.51. The van der Waals surface area contributed by atoms with Crippen molar-refractivity contribution >= 4 is 5.95 Å². The summed E-state index contributed by atoms with van der Waals surface area (Å²) in [5, 5.41) is 10.8. The van der Waals surface area contributed by atoms with Crippen molar-refractivity contribution in [2.45, 2.75) is 37.5 Å². The topological polar surface area (TPSA) is 71.2 Å². The maximum absolute atomic E-state index is 12.8. The van der Waals surface area contributed by atoms with Crippen molar-refractivity contribution in [2.75, 3.05) is 11.4 Å². The van der Waals surface area contributed by atoms with Gasteiger partial charge in [0.15, 0.2) is 0 Å². The number of fused-ring (bicyclic) bond motifs is 1. The fourth-order valence-corrected chi connectivity index (χ4v) is 4.14. The molecule has 2 aromatic heterocycles. The van der Waals surface area contributed by atoms with Gasteiger partial charge in [0.1, 0.15) is 0 Å². The molecule has 5 rings (SSSR count). The van der Waals surface area contributed by atoms with Crippen LogP contribution < -0.4 is 10.5 Å². The summed E-state index contributed by atoms with van der Waals surface area (Å²) in [5.74, 6) is 0.665. The molecule has 3 aromatic rings. The first-order valence-corrected chi connectivity index (χ1v) is 9.69. The quantitative estimate of drug-likeness (QED) is 0.760. The van der Waals surface area contributed by atoms with Gasteiger partial charge in [0.25, 0.3) is 5.56 Å². The van der Waals surface area contributed by atoms with Crippen molar-refractivity contribution in [3.63, 3.8) is 0 Å². The third kappa shape index (κ3) is 2.90. The molecule has 1 saturated carbocycles. The van der Waals surface area contributed by atoms with Crippen LogP contribution in [0.25, 0.3) is 11.3 Å². The van der Waals surface area contributed by atoms with E-state index in [1.165, 1.54) is 0 Å². The van der Waals surface area contributed by atoms with E-state index in [-0.39, 0.29) is 11.1 Å². The van der Waals surface area contributed by atoms with E-state index in [9.17, 15) is 9.90 Å². The SMILES string of the molecule is O=c1cc(-c2ccncc2)nc2n1CCC1(CC1)N2CC(O)c1ccccc1. The molecule has 142 valence electrons. The molecule has 1 N–H and O–H groups in total. The summed E-state index contributed by atoms with van der Waals surface area (Å²) in [6.07, 6.45) is 5.83. The van der Waals surface area contributed by atoms with Crippen LogP contribution in [0, 0.1) is 0 Å². The molecular weight excluding hydrogens is 352 g/mol. The van der Waals surface area contributed by atoms with Crippen molar-refractivity contribution in [2.24, 2.45) is 0 Å². The molecule has 0 radical (unpaired) electrons. The molecule has 6 nitrogen and oxygen atoms in total. The van der Waals surface area contributed by atoms with Crippen LogP contribution in [-0.2, 0) is 6.54 Å². The number of benzene rings is 1. The van der Waals surface area contributed by atoms with Gasteiger partial charge >= 0.3 is 0 Å². The van der Waals surface area contributed by atoms with E-state index >= 15 is 0 Å². The molecule has 28 heavy (non-hydrogen) atoms. The number of aliphatic hydroxyl groups is 1. The van der Waals surface area contributed by atoms with Crippen LogP contribution in [0.15, 0.2) is 65.7 Å². The molecular formula is C22H22N4O2.